The Kier molecular flexibility index (Phi) is 1.65. The first-order valence-electron chi connectivity index (χ1n) is 4.28. The van der Waals surface area contributed by atoms with E-state index < -0.39 is 0 Å². The first kappa shape index (κ1) is 7.73. The van der Waals surface area contributed by atoms with Gasteiger partial charge >= 0.3 is 0 Å². The molecule has 4 nitrogen and oxygen atoms in total. The normalized spacial score (nSPS) is 29.5. The van der Waals surface area contributed by atoms with E-state index in [4.69, 9.17) is 0 Å². The van der Waals surface area contributed by atoms with Gasteiger partial charge in [-0.3, -0.25) is 4.68 Å². The van der Waals surface area contributed by atoms with Crippen molar-refractivity contribution in [3.8, 4) is 0 Å². The lowest BCUT2D eigenvalue weighted by atomic mass is 9.89. The van der Waals surface area contributed by atoms with Crippen LogP contribution < -0.4 is 5.32 Å². The van der Waals surface area contributed by atoms with Crippen LogP contribution in [0, 0.1) is 0 Å². The molecule has 1 saturated heterocycles. The molecule has 1 aromatic heterocycles. The smallest absolute Gasteiger partial charge is 0.138 e. The number of aromatic nitrogens is 3. The molecule has 0 aromatic carbocycles. The summed E-state index contributed by atoms with van der Waals surface area (Å²) in [7, 11) is 1.95. The Hall–Kier alpha value is -0.900. The van der Waals surface area contributed by atoms with Crippen molar-refractivity contribution in [1.29, 1.82) is 0 Å². The van der Waals surface area contributed by atoms with Crippen molar-refractivity contribution in [3.63, 3.8) is 0 Å². The van der Waals surface area contributed by atoms with Gasteiger partial charge in [0, 0.05) is 19.0 Å². The summed E-state index contributed by atoms with van der Waals surface area (Å²) >= 11 is 0. The summed E-state index contributed by atoms with van der Waals surface area (Å²) < 4.78 is 1.87. The molecule has 1 aromatic rings. The van der Waals surface area contributed by atoms with Crippen LogP contribution in [-0.4, -0.2) is 27.9 Å². The average molecular weight is 166 g/mol. The zero-order valence-electron chi connectivity index (χ0n) is 7.54. The molecule has 1 aliphatic rings. The van der Waals surface area contributed by atoms with Crippen molar-refractivity contribution in [2.75, 3.05) is 13.1 Å². The van der Waals surface area contributed by atoms with Crippen LogP contribution in [0.2, 0.25) is 0 Å². The van der Waals surface area contributed by atoms with Crippen molar-refractivity contribution in [3.05, 3.63) is 12.2 Å². The topological polar surface area (TPSA) is 42.7 Å². The Balaban J connectivity index is 2.34. The minimum Gasteiger partial charge on any atom is -0.316 e. The van der Waals surface area contributed by atoms with E-state index in [0.717, 1.165) is 25.3 Å². The lowest BCUT2D eigenvalue weighted by Gasteiger charge is -2.20. The van der Waals surface area contributed by atoms with E-state index in [-0.39, 0.29) is 5.41 Å². The molecule has 1 unspecified atom stereocenters. The van der Waals surface area contributed by atoms with Crippen LogP contribution in [0.1, 0.15) is 19.2 Å². The standard InChI is InChI=1S/C8H14N4/c1-8(3-4-9-5-8)7-10-6-11-12(7)2/h6,9H,3-5H2,1-2H3. The van der Waals surface area contributed by atoms with E-state index in [9.17, 15) is 0 Å². The van der Waals surface area contributed by atoms with E-state index in [1.165, 1.54) is 0 Å². The summed E-state index contributed by atoms with van der Waals surface area (Å²) in [5.41, 5.74) is 0.186. The lowest BCUT2D eigenvalue weighted by molar-refractivity contribution is 0.461. The van der Waals surface area contributed by atoms with Crippen molar-refractivity contribution >= 4 is 0 Å². The van der Waals surface area contributed by atoms with Gasteiger partial charge in [-0.05, 0) is 13.0 Å². The zero-order valence-corrected chi connectivity index (χ0v) is 7.54. The molecule has 4 heteroatoms. The molecule has 12 heavy (non-hydrogen) atoms. The van der Waals surface area contributed by atoms with Crippen LogP contribution in [0.15, 0.2) is 6.33 Å². The highest BCUT2D eigenvalue weighted by Gasteiger charge is 2.34. The Morgan fingerprint density at radius 3 is 3.00 bits per heavy atom. The van der Waals surface area contributed by atoms with Gasteiger partial charge in [-0.1, -0.05) is 6.92 Å². The summed E-state index contributed by atoms with van der Waals surface area (Å²) in [6.45, 7) is 4.33. The molecule has 0 radical (unpaired) electrons. The number of rotatable bonds is 1. The third-order valence-corrected chi connectivity index (χ3v) is 2.62. The van der Waals surface area contributed by atoms with E-state index >= 15 is 0 Å². The fourth-order valence-electron chi connectivity index (χ4n) is 1.85. The second kappa shape index (κ2) is 2.55. The van der Waals surface area contributed by atoms with E-state index in [1.54, 1.807) is 6.33 Å². The lowest BCUT2D eigenvalue weighted by Crippen LogP contribution is -2.28. The van der Waals surface area contributed by atoms with Gasteiger partial charge in [0.2, 0.25) is 0 Å². The molecule has 0 amide bonds. The van der Waals surface area contributed by atoms with Crippen LogP contribution in [0.25, 0.3) is 0 Å². The summed E-state index contributed by atoms with van der Waals surface area (Å²) in [5.74, 6) is 1.09. The van der Waals surface area contributed by atoms with Gasteiger partial charge in [-0.25, -0.2) is 4.98 Å². The number of hydrogen-bond acceptors (Lipinski definition) is 3. The predicted octanol–water partition coefficient (Wildman–Crippen LogP) is 0.0661. The predicted molar refractivity (Wildman–Crippen MR) is 45.8 cm³/mol. The summed E-state index contributed by atoms with van der Waals surface area (Å²) in [5, 5.41) is 7.43. The maximum Gasteiger partial charge on any atom is 0.138 e. The molecule has 0 aliphatic carbocycles. The van der Waals surface area contributed by atoms with E-state index in [0.29, 0.717) is 0 Å². The molecule has 1 atom stereocenters. The zero-order chi connectivity index (χ0) is 8.60. The van der Waals surface area contributed by atoms with Crippen molar-refractivity contribution in [1.82, 2.24) is 20.1 Å². The monoisotopic (exact) mass is 166 g/mol. The van der Waals surface area contributed by atoms with Gasteiger partial charge in [-0.15, -0.1) is 0 Å². The molecule has 0 saturated carbocycles. The average Bonchev–Trinajstić information content (AvgIpc) is 2.59. The minimum absolute atomic E-state index is 0.186. The first-order chi connectivity index (χ1) is 5.72. The third kappa shape index (κ3) is 1.03. The van der Waals surface area contributed by atoms with Crippen LogP contribution in [0.5, 0.6) is 0 Å². The molecule has 0 spiro atoms. The van der Waals surface area contributed by atoms with Crippen LogP contribution in [0.4, 0.5) is 0 Å². The fourth-order valence-corrected chi connectivity index (χ4v) is 1.85. The van der Waals surface area contributed by atoms with E-state index in [2.05, 4.69) is 22.3 Å². The maximum absolute atomic E-state index is 4.28. The van der Waals surface area contributed by atoms with Crippen LogP contribution >= 0.6 is 0 Å². The molecule has 1 fully saturated rings. The maximum atomic E-state index is 4.28. The highest BCUT2D eigenvalue weighted by atomic mass is 15.3. The fraction of sp³-hybridized carbons (Fsp3) is 0.750. The van der Waals surface area contributed by atoms with Gasteiger partial charge in [0.1, 0.15) is 12.2 Å². The van der Waals surface area contributed by atoms with Gasteiger partial charge in [0.25, 0.3) is 0 Å². The quantitative estimate of drug-likeness (QED) is 0.642. The Labute approximate surface area is 72.0 Å². The highest BCUT2D eigenvalue weighted by Crippen LogP contribution is 2.27. The molecule has 2 heterocycles. The van der Waals surface area contributed by atoms with Crippen LogP contribution in [-0.2, 0) is 12.5 Å². The Morgan fingerprint density at radius 1 is 1.67 bits per heavy atom. The summed E-state index contributed by atoms with van der Waals surface area (Å²) in [6.07, 6.45) is 2.78. The first-order valence-corrected chi connectivity index (χ1v) is 4.28. The number of nitrogens with one attached hydrogen (secondary N) is 1. The Bertz CT molecular complexity index is 272. The molecule has 0 bridgehead atoms. The minimum atomic E-state index is 0.186. The largest absolute Gasteiger partial charge is 0.316 e. The van der Waals surface area contributed by atoms with Gasteiger partial charge in [0.05, 0.1) is 0 Å². The summed E-state index contributed by atoms with van der Waals surface area (Å²) in [6, 6.07) is 0. The number of nitrogens with zero attached hydrogens (tertiary/aromatic N) is 3. The van der Waals surface area contributed by atoms with Gasteiger partial charge in [-0.2, -0.15) is 5.10 Å². The molecule has 1 N–H and O–H groups in total. The summed E-state index contributed by atoms with van der Waals surface area (Å²) in [4.78, 5) is 4.28. The third-order valence-electron chi connectivity index (χ3n) is 2.62. The second-order valence-corrected chi connectivity index (χ2v) is 3.69. The van der Waals surface area contributed by atoms with Crippen molar-refractivity contribution in [2.45, 2.75) is 18.8 Å². The molecule has 2 rings (SSSR count). The second-order valence-electron chi connectivity index (χ2n) is 3.69. The molecular weight excluding hydrogens is 152 g/mol. The van der Waals surface area contributed by atoms with Crippen LogP contribution in [0.3, 0.4) is 0 Å². The van der Waals surface area contributed by atoms with Gasteiger partial charge in [0.15, 0.2) is 0 Å². The highest BCUT2D eigenvalue weighted by molar-refractivity contribution is 5.09. The number of hydrogen-bond donors (Lipinski definition) is 1. The molecular formula is C8H14N4. The molecule has 1 aliphatic heterocycles. The number of aryl methyl sites for hydroxylation is 1. The Morgan fingerprint density at radius 2 is 2.50 bits per heavy atom. The van der Waals surface area contributed by atoms with E-state index in [1.807, 2.05) is 11.7 Å². The van der Waals surface area contributed by atoms with Crippen molar-refractivity contribution in [2.24, 2.45) is 7.05 Å². The SMILES string of the molecule is Cn1ncnc1C1(C)CCNC1. The molecule has 66 valence electrons. The van der Waals surface area contributed by atoms with Crippen molar-refractivity contribution < 1.29 is 0 Å². The van der Waals surface area contributed by atoms with Gasteiger partial charge < -0.3 is 5.32 Å².